The lowest BCUT2D eigenvalue weighted by Crippen LogP contribution is -2.23. The third-order valence-corrected chi connectivity index (χ3v) is 3.03. The second-order valence-electron chi connectivity index (χ2n) is 2.44. The van der Waals surface area contributed by atoms with Gasteiger partial charge >= 0.3 is 5.71 Å². The maximum absolute atomic E-state index is 11.2. The molecule has 74 valence electrons. The van der Waals surface area contributed by atoms with Crippen molar-refractivity contribution in [3.63, 3.8) is 0 Å². The Balaban J connectivity index is 3.25. The molecule has 1 N–H and O–H groups in total. The fourth-order valence-electron chi connectivity index (χ4n) is 0.860. The molecule has 0 unspecified atom stereocenters. The van der Waals surface area contributed by atoms with Gasteiger partial charge in [-0.05, 0) is 19.2 Å². The topological polar surface area (TPSA) is 99.6 Å². The zero-order valence-electron chi connectivity index (χ0n) is 7.26. The van der Waals surface area contributed by atoms with E-state index in [0.29, 0.717) is 0 Å². The molecule has 0 saturated heterocycles. The van der Waals surface area contributed by atoms with Crippen LogP contribution in [0.4, 0.5) is 0 Å². The lowest BCUT2D eigenvalue weighted by molar-refractivity contribution is -0.112. The minimum absolute atomic E-state index is 0.118. The van der Waals surface area contributed by atoms with Crippen molar-refractivity contribution in [2.45, 2.75) is 0 Å². The van der Waals surface area contributed by atoms with Crippen molar-refractivity contribution in [3.8, 4) is 0 Å². The average molecular weight is 213 g/mol. The lowest BCUT2D eigenvalue weighted by atomic mass is 10.1. The van der Waals surface area contributed by atoms with E-state index in [0.717, 1.165) is 18.2 Å². The summed E-state index contributed by atoms with van der Waals surface area (Å²) in [6.07, 6.45) is 3.16. The first kappa shape index (κ1) is 10.5. The zero-order valence-corrected chi connectivity index (χ0v) is 8.08. The number of ketones is 1. The van der Waals surface area contributed by atoms with Gasteiger partial charge in [-0.15, -0.1) is 0 Å². The first-order valence-corrected chi connectivity index (χ1v) is 5.09. The largest absolute Gasteiger partial charge is 0.363 e. The SMILES string of the molecule is CNS(=O)(=O)C1=CC(=[N+]=[N-])C(=O)C=C1. The maximum atomic E-state index is 11.2. The molecular weight excluding hydrogens is 206 g/mol. The summed E-state index contributed by atoms with van der Waals surface area (Å²) in [4.78, 5) is 13.5. The summed E-state index contributed by atoms with van der Waals surface area (Å²) in [6, 6.07) is 0. The highest BCUT2D eigenvalue weighted by molar-refractivity contribution is 7.93. The molecule has 0 bridgehead atoms. The van der Waals surface area contributed by atoms with Crippen molar-refractivity contribution in [2.75, 3.05) is 7.05 Å². The van der Waals surface area contributed by atoms with Crippen molar-refractivity contribution in [2.24, 2.45) is 0 Å². The molecule has 1 aliphatic rings. The van der Waals surface area contributed by atoms with Crippen LogP contribution in [0.1, 0.15) is 0 Å². The number of carbonyl (C=O) groups is 1. The molecule has 0 aromatic rings. The fourth-order valence-corrected chi connectivity index (χ4v) is 1.61. The number of sulfonamides is 1. The Morgan fingerprint density at radius 1 is 1.43 bits per heavy atom. The van der Waals surface area contributed by atoms with Crippen molar-refractivity contribution < 1.29 is 18.0 Å². The Hall–Kier alpha value is -1.56. The van der Waals surface area contributed by atoms with Crippen LogP contribution in [0.15, 0.2) is 23.1 Å². The van der Waals surface area contributed by atoms with Gasteiger partial charge in [-0.2, -0.15) is 4.79 Å². The summed E-state index contributed by atoms with van der Waals surface area (Å²) in [7, 11) is -2.36. The van der Waals surface area contributed by atoms with Crippen molar-refractivity contribution in [3.05, 3.63) is 28.7 Å². The summed E-state index contributed by atoms with van der Waals surface area (Å²) < 4.78 is 24.6. The van der Waals surface area contributed by atoms with Crippen LogP contribution >= 0.6 is 0 Å². The number of hydrogen-bond acceptors (Lipinski definition) is 3. The Labute approximate surface area is 80.6 Å². The predicted molar refractivity (Wildman–Crippen MR) is 48.8 cm³/mol. The van der Waals surface area contributed by atoms with Gasteiger partial charge in [-0.25, -0.2) is 13.1 Å². The van der Waals surface area contributed by atoms with Gasteiger partial charge in [0, 0.05) is 0 Å². The molecule has 0 amide bonds. The van der Waals surface area contributed by atoms with Gasteiger partial charge < -0.3 is 5.53 Å². The van der Waals surface area contributed by atoms with Gasteiger partial charge in [0.15, 0.2) is 0 Å². The molecule has 0 heterocycles. The predicted octanol–water partition coefficient (Wildman–Crippen LogP) is -0.771. The van der Waals surface area contributed by atoms with Crippen LogP contribution in [0.25, 0.3) is 5.53 Å². The third kappa shape index (κ3) is 1.85. The highest BCUT2D eigenvalue weighted by Crippen LogP contribution is 2.10. The molecule has 7 heteroatoms. The van der Waals surface area contributed by atoms with Crippen LogP contribution in [-0.4, -0.2) is 31.8 Å². The second kappa shape index (κ2) is 3.67. The molecule has 0 atom stereocenters. The summed E-state index contributed by atoms with van der Waals surface area (Å²) in [6.45, 7) is 0. The smallest absolute Gasteiger partial charge is 0.361 e. The Morgan fingerprint density at radius 2 is 2.07 bits per heavy atom. The van der Waals surface area contributed by atoms with Gasteiger partial charge in [-0.1, -0.05) is 0 Å². The second-order valence-corrected chi connectivity index (χ2v) is 4.32. The van der Waals surface area contributed by atoms with E-state index in [-0.39, 0.29) is 10.6 Å². The van der Waals surface area contributed by atoms with E-state index in [4.69, 9.17) is 5.53 Å². The Morgan fingerprint density at radius 3 is 2.57 bits per heavy atom. The van der Waals surface area contributed by atoms with Crippen LogP contribution in [0, 0.1) is 0 Å². The van der Waals surface area contributed by atoms with Gasteiger partial charge in [0.2, 0.25) is 10.0 Å². The van der Waals surface area contributed by atoms with Crippen molar-refractivity contribution >= 4 is 21.5 Å². The van der Waals surface area contributed by atoms with Crippen molar-refractivity contribution in [1.29, 1.82) is 0 Å². The van der Waals surface area contributed by atoms with Crippen LogP contribution in [-0.2, 0) is 14.8 Å². The molecule has 0 aromatic carbocycles. The third-order valence-electron chi connectivity index (χ3n) is 1.62. The molecule has 1 rings (SSSR count). The number of nitrogens with zero attached hydrogens (tertiary/aromatic N) is 2. The monoisotopic (exact) mass is 213 g/mol. The number of carbonyl (C=O) groups excluding carboxylic acids is 1. The highest BCUT2D eigenvalue weighted by atomic mass is 32.2. The highest BCUT2D eigenvalue weighted by Gasteiger charge is 2.24. The number of allylic oxidation sites excluding steroid dienone is 3. The van der Waals surface area contributed by atoms with E-state index in [1.54, 1.807) is 0 Å². The first-order chi connectivity index (χ1) is 6.51. The van der Waals surface area contributed by atoms with Gasteiger partial charge in [0.1, 0.15) is 0 Å². The standard InChI is InChI=1S/C7H7N3O3S/c1-9-14(12,13)5-2-3-7(11)6(4-5)10-8/h2-4,9H,1H3. The van der Waals surface area contributed by atoms with Gasteiger partial charge in [0.05, 0.1) is 11.0 Å². The zero-order chi connectivity index (χ0) is 10.8. The van der Waals surface area contributed by atoms with Crippen LogP contribution in [0.3, 0.4) is 0 Å². The van der Waals surface area contributed by atoms with Crippen molar-refractivity contribution in [1.82, 2.24) is 4.72 Å². The summed E-state index contributed by atoms with van der Waals surface area (Å²) in [5.41, 5.74) is 8.09. The van der Waals surface area contributed by atoms with E-state index < -0.39 is 15.8 Å². The molecule has 0 fully saturated rings. The molecule has 0 spiro atoms. The van der Waals surface area contributed by atoms with Gasteiger partial charge in [-0.3, -0.25) is 4.79 Å². The van der Waals surface area contributed by atoms with Crippen LogP contribution in [0.2, 0.25) is 0 Å². The maximum Gasteiger partial charge on any atom is 0.363 e. The molecular formula is C7H7N3O3S. The summed E-state index contributed by atoms with van der Waals surface area (Å²) in [5.74, 6) is -0.539. The molecule has 14 heavy (non-hydrogen) atoms. The molecule has 1 aliphatic carbocycles. The number of rotatable bonds is 2. The molecule has 0 saturated carbocycles. The molecule has 6 nitrogen and oxygen atoms in total. The number of nitrogens with one attached hydrogen (secondary N) is 1. The van der Waals surface area contributed by atoms with Crippen LogP contribution in [0.5, 0.6) is 0 Å². The molecule has 0 radical (unpaired) electrons. The first-order valence-electron chi connectivity index (χ1n) is 3.61. The number of hydrogen-bond donors (Lipinski definition) is 1. The Kier molecular flexibility index (Phi) is 2.76. The fraction of sp³-hybridized carbons (Fsp3) is 0.143. The lowest BCUT2D eigenvalue weighted by Gasteiger charge is -2.03. The van der Waals surface area contributed by atoms with E-state index in [9.17, 15) is 13.2 Å². The normalized spacial score (nSPS) is 16.5. The Bertz CT molecular complexity index is 480. The molecule has 0 aliphatic heterocycles. The van der Waals surface area contributed by atoms with E-state index in [2.05, 4.69) is 9.51 Å². The summed E-state index contributed by atoms with van der Waals surface area (Å²) >= 11 is 0. The summed E-state index contributed by atoms with van der Waals surface area (Å²) in [5, 5.41) is 0. The van der Waals surface area contributed by atoms with Crippen LogP contribution < -0.4 is 4.72 Å². The van der Waals surface area contributed by atoms with Gasteiger partial charge in [0.25, 0.3) is 5.78 Å². The van der Waals surface area contributed by atoms with E-state index in [1.807, 2.05) is 0 Å². The minimum Gasteiger partial charge on any atom is -0.361 e. The minimum atomic E-state index is -3.61. The quantitative estimate of drug-likeness (QED) is 0.370. The molecule has 0 aromatic heterocycles. The van der Waals surface area contributed by atoms with E-state index >= 15 is 0 Å². The van der Waals surface area contributed by atoms with E-state index in [1.165, 1.54) is 7.05 Å². The average Bonchev–Trinajstić information content (AvgIpc) is 2.18.